The molecule has 78 valence electrons. The second-order valence-corrected chi connectivity index (χ2v) is 6.41. The summed E-state index contributed by atoms with van der Waals surface area (Å²) in [5, 5.41) is 0. The normalized spacial score (nSPS) is 12.9. The zero-order chi connectivity index (χ0) is 10.7. The van der Waals surface area contributed by atoms with Crippen LogP contribution in [-0.4, -0.2) is 0 Å². The van der Waals surface area contributed by atoms with E-state index in [0.29, 0.717) is 0 Å². The van der Waals surface area contributed by atoms with E-state index in [9.17, 15) is 0 Å². The highest BCUT2D eigenvalue weighted by Gasteiger charge is 2.14. The van der Waals surface area contributed by atoms with Crippen LogP contribution >= 0.6 is 43.2 Å². The largest absolute Gasteiger partial charge is 0.271 e. The van der Waals surface area contributed by atoms with E-state index >= 15 is 0 Å². The summed E-state index contributed by atoms with van der Waals surface area (Å²) >= 11 is 8.59. The van der Waals surface area contributed by atoms with E-state index in [4.69, 9.17) is 5.84 Å². The summed E-state index contributed by atoms with van der Waals surface area (Å²) < 4.78 is 2.16. The molecule has 0 aromatic carbocycles. The minimum absolute atomic E-state index is 0.153. The van der Waals surface area contributed by atoms with Crippen LogP contribution in [0.5, 0.6) is 0 Å². The molecule has 1 aromatic heterocycles. The van der Waals surface area contributed by atoms with E-state index in [2.05, 4.69) is 49.9 Å². The van der Waals surface area contributed by atoms with Crippen LogP contribution in [0.2, 0.25) is 0 Å². The molecule has 0 fully saturated rings. The fraction of sp³-hybridized carbons (Fsp3) is 0.333. The molecule has 0 aliphatic rings. The topological polar surface area (TPSA) is 38.0 Å². The van der Waals surface area contributed by atoms with Crippen molar-refractivity contribution in [1.29, 1.82) is 0 Å². The van der Waals surface area contributed by atoms with Crippen molar-refractivity contribution >= 4 is 43.2 Å². The second-order valence-electron chi connectivity index (χ2n) is 3.15. The van der Waals surface area contributed by atoms with Crippen molar-refractivity contribution in [2.75, 3.05) is 0 Å². The Hall–Kier alpha value is 0.320. The molecule has 1 unspecified atom stereocenters. The van der Waals surface area contributed by atoms with E-state index in [0.717, 1.165) is 20.3 Å². The van der Waals surface area contributed by atoms with Gasteiger partial charge in [-0.3, -0.25) is 11.3 Å². The van der Waals surface area contributed by atoms with Crippen LogP contribution in [0.25, 0.3) is 0 Å². The zero-order valence-electron chi connectivity index (χ0n) is 7.81. The maximum atomic E-state index is 5.50. The number of rotatable bonds is 4. The van der Waals surface area contributed by atoms with Crippen molar-refractivity contribution in [2.24, 2.45) is 5.84 Å². The first-order valence-corrected chi connectivity index (χ1v) is 6.50. The molecule has 0 saturated carbocycles. The van der Waals surface area contributed by atoms with Gasteiger partial charge in [-0.15, -0.1) is 17.9 Å². The molecule has 0 bridgehead atoms. The summed E-state index contributed by atoms with van der Waals surface area (Å²) in [5.74, 6) is 5.50. The monoisotopic (exact) mass is 338 g/mol. The molecule has 1 aromatic rings. The molecule has 1 atom stereocenters. The fourth-order valence-electron chi connectivity index (χ4n) is 1.13. The average Bonchev–Trinajstić information content (AvgIpc) is 2.42. The highest BCUT2D eigenvalue weighted by atomic mass is 79.9. The number of hydrogen-bond acceptors (Lipinski definition) is 3. The summed E-state index contributed by atoms with van der Waals surface area (Å²) in [7, 11) is 0. The molecule has 0 aliphatic heterocycles. The lowest BCUT2D eigenvalue weighted by Gasteiger charge is -2.13. The standard InChI is InChI=1S/C9H12Br2N2S/c1-5(2)3-7(13-12)8-4-6(10)9(11)14-8/h4,7,13H,1,3,12H2,2H3. The van der Waals surface area contributed by atoms with E-state index in [-0.39, 0.29) is 6.04 Å². The van der Waals surface area contributed by atoms with Gasteiger partial charge in [-0.2, -0.15) is 0 Å². The minimum Gasteiger partial charge on any atom is -0.271 e. The summed E-state index contributed by atoms with van der Waals surface area (Å²) in [5.41, 5.74) is 3.92. The van der Waals surface area contributed by atoms with Gasteiger partial charge in [0, 0.05) is 9.35 Å². The molecule has 1 heterocycles. The first kappa shape index (κ1) is 12.4. The number of hydrazine groups is 1. The lowest BCUT2D eigenvalue weighted by Crippen LogP contribution is -2.27. The van der Waals surface area contributed by atoms with E-state index in [1.807, 2.05) is 6.92 Å². The molecule has 14 heavy (non-hydrogen) atoms. The van der Waals surface area contributed by atoms with Crippen molar-refractivity contribution in [1.82, 2.24) is 5.43 Å². The quantitative estimate of drug-likeness (QED) is 0.498. The Morgan fingerprint density at radius 1 is 1.71 bits per heavy atom. The Labute approximate surface area is 105 Å². The number of nitrogens with one attached hydrogen (secondary N) is 1. The molecule has 0 radical (unpaired) electrons. The van der Waals surface area contributed by atoms with Gasteiger partial charge in [-0.05, 0) is 51.3 Å². The molecule has 0 amide bonds. The fourth-order valence-corrected chi connectivity index (χ4v) is 3.28. The molecule has 3 N–H and O–H groups in total. The Kier molecular flexibility index (Phi) is 4.79. The molecule has 0 aliphatic carbocycles. The Morgan fingerprint density at radius 2 is 2.36 bits per heavy atom. The van der Waals surface area contributed by atoms with Crippen LogP contribution in [-0.2, 0) is 0 Å². The van der Waals surface area contributed by atoms with Gasteiger partial charge in [0.15, 0.2) is 0 Å². The molecular formula is C9H12Br2N2S. The van der Waals surface area contributed by atoms with Crippen LogP contribution in [0.3, 0.4) is 0 Å². The van der Waals surface area contributed by atoms with Gasteiger partial charge in [0.05, 0.1) is 9.83 Å². The van der Waals surface area contributed by atoms with Gasteiger partial charge >= 0.3 is 0 Å². The van der Waals surface area contributed by atoms with Gasteiger partial charge < -0.3 is 0 Å². The van der Waals surface area contributed by atoms with E-state index < -0.39 is 0 Å². The van der Waals surface area contributed by atoms with Gasteiger partial charge in [0.25, 0.3) is 0 Å². The smallest absolute Gasteiger partial charge is 0.0843 e. The lowest BCUT2D eigenvalue weighted by molar-refractivity contribution is 0.559. The van der Waals surface area contributed by atoms with Crippen molar-refractivity contribution in [2.45, 2.75) is 19.4 Å². The maximum Gasteiger partial charge on any atom is 0.0843 e. The predicted molar refractivity (Wildman–Crippen MR) is 69.2 cm³/mol. The molecular weight excluding hydrogens is 328 g/mol. The van der Waals surface area contributed by atoms with E-state index in [1.165, 1.54) is 4.88 Å². The Balaban J connectivity index is 2.83. The van der Waals surface area contributed by atoms with E-state index in [1.54, 1.807) is 11.3 Å². The number of halogens is 2. The highest BCUT2D eigenvalue weighted by Crippen LogP contribution is 2.36. The Morgan fingerprint density at radius 3 is 2.71 bits per heavy atom. The zero-order valence-corrected chi connectivity index (χ0v) is 11.8. The van der Waals surface area contributed by atoms with Crippen molar-refractivity contribution in [3.05, 3.63) is 31.4 Å². The molecule has 0 saturated heterocycles. The predicted octanol–water partition coefficient (Wildman–Crippen LogP) is 3.74. The van der Waals surface area contributed by atoms with Crippen LogP contribution in [0.1, 0.15) is 24.3 Å². The summed E-state index contributed by atoms with van der Waals surface area (Å²) in [4.78, 5) is 1.20. The van der Waals surface area contributed by atoms with Crippen molar-refractivity contribution in [3.63, 3.8) is 0 Å². The SMILES string of the molecule is C=C(C)CC(NN)c1cc(Br)c(Br)s1. The maximum absolute atomic E-state index is 5.50. The first-order valence-electron chi connectivity index (χ1n) is 4.09. The first-order chi connectivity index (χ1) is 6.54. The molecule has 0 spiro atoms. The number of hydrogen-bond donors (Lipinski definition) is 2. The van der Waals surface area contributed by atoms with Gasteiger partial charge in [-0.25, -0.2) is 0 Å². The van der Waals surface area contributed by atoms with Crippen molar-refractivity contribution in [3.8, 4) is 0 Å². The van der Waals surface area contributed by atoms with Crippen LogP contribution in [0.4, 0.5) is 0 Å². The number of nitrogens with two attached hydrogens (primary N) is 1. The van der Waals surface area contributed by atoms with Gasteiger partial charge in [0.1, 0.15) is 0 Å². The molecule has 1 rings (SSSR count). The third kappa shape index (κ3) is 3.17. The third-order valence-electron chi connectivity index (χ3n) is 1.76. The average molecular weight is 340 g/mol. The molecule has 5 heteroatoms. The Bertz CT molecular complexity index is 316. The highest BCUT2D eigenvalue weighted by molar-refractivity contribution is 9.13. The third-order valence-corrected chi connectivity index (χ3v) is 5.13. The van der Waals surface area contributed by atoms with Gasteiger partial charge in [0.2, 0.25) is 0 Å². The minimum atomic E-state index is 0.153. The van der Waals surface area contributed by atoms with Crippen LogP contribution < -0.4 is 11.3 Å². The summed E-state index contributed by atoms with van der Waals surface area (Å²) in [6.07, 6.45) is 0.857. The summed E-state index contributed by atoms with van der Waals surface area (Å²) in [6.45, 7) is 5.89. The number of thiophene rings is 1. The van der Waals surface area contributed by atoms with Gasteiger partial charge in [-0.1, -0.05) is 5.57 Å². The van der Waals surface area contributed by atoms with Crippen LogP contribution in [0.15, 0.2) is 26.5 Å². The lowest BCUT2D eigenvalue weighted by atomic mass is 10.1. The van der Waals surface area contributed by atoms with Crippen molar-refractivity contribution < 1.29 is 0 Å². The van der Waals surface area contributed by atoms with Crippen LogP contribution in [0, 0.1) is 0 Å². The summed E-state index contributed by atoms with van der Waals surface area (Å²) in [6, 6.07) is 2.22. The molecule has 2 nitrogen and oxygen atoms in total. The second kappa shape index (κ2) is 5.42.